The van der Waals surface area contributed by atoms with E-state index in [1.807, 2.05) is 54.3 Å². The zero-order valence-electron chi connectivity index (χ0n) is 34.7. The number of hydrogen-bond donors (Lipinski definition) is 2. The number of carbonyl (C=O) groups excluding carboxylic acids is 3. The minimum Gasteiger partial charge on any atom is -0.481 e. The molecule has 0 spiro atoms. The largest absolute Gasteiger partial charge is 0.481 e. The van der Waals surface area contributed by atoms with E-state index in [0.717, 1.165) is 29.5 Å². The predicted molar refractivity (Wildman–Crippen MR) is 225 cm³/mol. The molecule has 0 radical (unpaired) electrons. The number of fused-ring (bicyclic) bond motifs is 3. The number of rotatable bonds is 10. The van der Waals surface area contributed by atoms with E-state index < -0.39 is 29.4 Å². The van der Waals surface area contributed by atoms with Crippen LogP contribution in [0.2, 0.25) is 5.02 Å². The molecule has 5 aliphatic rings. The van der Waals surface area contributed by atoms with E-state index >= 15 is 0 Å². The molecular weight excluding hydrogens is 863 g/mol. The molecule has 0 bridgehead atoms. The van der Waals surface area contributed by atoms with Crippen molar-refractivity contribution in [2.24, 2.45) is 4.99 Å². The number of ether oxygens (including phenoxy) is 4. The van der Waals surface area contributed by atoms with Gasteiger partial charge in [-0.2, -0.15) is 18.6 Å². The second kappa shape index (κ2) is 18.6. The number of nitrogens with zero attached hydrogens (tertiary/aromatic N) is 7. The first-order chi connectivity index (χ1) is 30.9. The summed E-state index contributed by atoms with van der Waals surface area (Å²) in [5, 5.41) is 4.12. The number of halogens is 4. The molecule has 1 unspecified atom stereocenters. The average Bonchev–Trinajstić information content (AvgIpc) is 3.98. The third kappa shape index (κ3) is 8.80. The van der Waals surface area contributed by atoms with E-state index in [1.54, 1.807) is 22.9 Å². The van der Waals surface area contributed by atoms with Gasteiger partial charge < -0.3 is 43.8 Å². The van der Waals surface area contributed by atoms with Crippen LogP contribution in [0, 0.1) is 0 Å². The summed E-state index contributed by atoms with van der Waals surface area (Å²) in [5.74, 6) is 1.09. The van der Waals surface area contributed by atoms with Crippen LogP contribution in [-0.2, 0) is 40.3 Å². The smallest absolute Gasteiger partial charge is 0.416 e. The van der Waals surface area contributed by atoms with Gasteiger partial charge in [-0.1, -0.05) is 54.9 Å². The standard InChI is InChI=1S/C35H36N8O8.C8H7ClF3N/c1-2-24-29(33(46)43-35(41(24)14-16-44)37-31(38-43)23-8-9-25-26(18-23)51-21-50-25)39-10-12-40(13-11-39)32(45)28-30(49-19-22-6-4-3-5-7-22)34(47)42-15-17-48-20-27(42)36-28;1-13-7-3-2-5(4-6(7)9)8(10,11)12/h3-9,16,18,31,38H,2,10-15,17,19-21H2,1H3;2-4,13H,1H3. The quantitative estimate of drug-likeness (QED) is 0.209. The van der Waals surface area contributed by atoms with E-state index in [9.17, 15) is 32.3 Å². The third-order valence-corrected chi connectivity index (χ3v) is 11.3. The number of aldehydes is 1. The molecule has 0 saturated carbocycles. The van der Waals surface area contributed by atoms with Crippen LogP contribution < -0.4 is 30.5 Å². The number of anilines is 1. The molecule has 9 rings (SSSR count). The number of benzene rings is 3. The van der Waals surface area contributed by atoms with Gasteiger partial charge in [0.2, 0.25) is 18.5 Å². The lowest BCUT2D eigenvalue weighted by Gasteiger charge is -2.43. The number of alkyl halides is 3. The third-order valence-electron chi connectivity index (χ3n) is 11.0. The fraction of sp³-hybridized carbons (Fsp3) is 0.349. The summed E-state index contributed by atoms with van der Waals surface area (Å²) in [4.78, 5) is 68.5. The molecule has 0 aliphatic carbocycles. The van der Waals surface area contributed by atoms with Gasteiger partial charge in [0.15, 0.2) is 17.2 Å². The lowest BCUT2D eigenvalue weighted by Crippen LogP contribution is -2.59. The molecule has 5 aliphatic heterocycles. The number of aliphatic imine (C=N–C) groups is 1. The topological polar surface area (TPSA) is 172 Å². The Morgan fingerprint density at radius 2 is 1.78 bits per heavy atom. The average molecular weight is 906 g/mol. The zero-order valence-corrected chi connectivity index (χ0v) is 35.4. The molecule has 336 valence electrons. The van der Waals surface area contributed by atoms with Gasteiger partial charge in [-0.25, -0.2) is 15.0 Å². The van der Waals surface area contributed by atoms with Crippen molar-refractivity contribution in [2.45, 2.75) is 45.4 Å². The Bertz CT molecular complexity index is 2570. The number of carbonyl (C=O) groups is 3. The Hall–Kier alpha value is -6.64. The van der Waals surface area contributed by atoms with Gasteiger partial charge >= 0.3 is 6.18 Å². The Balaban J connectivity index is 0.000000372. The lowest BCUT2D eigenvalue weighted by molar-refractivity contribution is -0.137. The molecule has 6 heterocycles. The highest BCUT2D eigenvalue weighted by Crippen LogP contribution is 2.38. The number of allylic oxidation sites excluding steroid dienone is 1. The highest BCUT2D eigenvalue weighted by atomic mass is 35.5. The number of amides is 2. The Labute approximate surface area is 369 Å². The minimum atomic E-state index is -4.34. The second-order valence-corrected chi connectivity index (χ2v) is 15.3. The molecule has 1 fully saturated rings. The molecule has 2 N–H and O–H groups in total. The van der Waals surface area contributed by atoms with Crippen molar-refractivity contribution >= 4 is 41.3 Å². The molecule has 2 amide bonds. The van der Waals surface area contributed by atoms with Crippen molar-refractivity contribution in [2.75, 3.05) is 58.5 Å². The normalized spacial score (nSPS) is 17.9. The maximum Gasteiger partial charge on any atom is 0.416 e. The SMILES string of the molecule is CCC1=C(N2CCN(C(=O)c3nc4n(c(=O)c3OCc3ccccc3)CCOC4)CC2)C(=O)N2NC(c3ccc4c(c3)OCO4)N=C2N1CC=O.CNc1ccc(C(F)(F)F)cc1Cl. The Kier molecular flexibility index (Phi) is 12.8. The highest BCUT2D eigenvalue weighted by Gasteiger charge is 2.44. The fourth-order valence-electron chi connectivity index (χ4n) is 7.80. The van der Waals surface area contributed by atoms with Crippen molar-refractivity contribution in [1.82, 2.24) is 34.7 Å². The van der Waals surface area contributed by atoms with E-state index in [0.29, 0.717) is 73.0 Å². The maximum atomic E-state index is 14.2. The molecule has 64 heavy (non-hydrogen) atoms. The summed E-state index contributed by atoms with van der Waals surface area (Å²) in [6, 6.07) is 18.0. The van der Waals surface area contributed by atoms with Crippen LogP contribution in [0.15, 0.2) is 87.9 Å². The molecular formula is C43H43ClF3N9O8. The van der Waals surface area contributed by atoms with Gasteiger partial charge in [0.05, 0.1) is 41.7 Å². The van der Waals surface area contributed by atoms with Crippen LogP contribution in [0.1, 0.15) is 52.5 Å². The van der Waals surface area contributed by atoms with Gasteiger partial charge in [0.1, 0.15) is 37.2 Å². The number of aromatic nitrogens is 2. The summed E-state index contributed by atoms with van der Waals surface area (Å²) in [5.41, 5.74) is 5.16. The summed E-state index contributed by atoms with van der Waals surface area (Å²) in [6.45, 7) is 4.10. The van der Waals surface area contributed by atoms with Crippen LogP contribution in [0.25, 0.3) is 0 Å². The maximum absolute atomic E-state index is 14.2. The number of nitrogens with one attached hydrogen (secondary N) is 2. The monoisotopic (exact) mass is 905 g/mol. The molecule has 1 saturated heterocycles. The predicted octanol–water partition coefficient (Wildman–Crippen LogP) is 4.78. The first-order valence-corrected chi connectivity index (χ1v) is 20.8. The molecule has 4 aromatic rings. The van der Waals surface area contributed by atoms with Crippen LogP contribution >= 0.6 is 11.6 Å². The van der Waals surface area contributed by atoms with Gasteiger partial charge in [-0.15, -0.1) is 0 Å². The van der Waals surface area contributed by atoms with E-state index in [1.165, 1.54) is 15.6 Å². The van der Waals surface area contributed by atoms with Crippen LogP contribution in [-0.4, -0.2) is 106 Å². The van der Waals surface area contributed by atoms with Crippen molar-refractivity contribution in [3.05, 3.63) is 122 Å². The molecule has 1 aromatic heterocycles. The van der Waals surface area contributed by atoms with Crippen LogP contribution in [0.5, 0.6) is 17.2 Å². The Morgan fingerprint density at radius 1 is 1.02 bits per heavy atom. The van der Waals surface area contributed by atoms with E-state index in [-0.39, 0.29) is 62.0 Å². The number of hydrogen-bond acceptors (Lipinski definition) is 14. The minimum absolute atomic E-state index is 0.00170. The number of hydrazine groups is 1. The van der Waals surface area contributed by atoms with Gasteiger partial charge in [0.25, 0.3) is 17.4 Å². The molecule has 17 nitrogen and oxygen atoms in total. The zero-order chi connectivity index (χ0) is 45.1. The first-order valence-electron chi connectivity index (χ1n) is 20.4. The first kappa shape index (κ1) is 44.0. The summed E-state index contributed by atoms with van der Waals surface area (Å²) < 4.78 is 60.4. The van der Waals surface area contributed by atoms with Crippen LogP contribution in [0.3, 0.4) is 0 Å². The fourth-order valence-corrected chi connectivity index (χ4v) is 8.07. The summed E-state index contributed by atoms with van der Waals surface area (Å²) >= 11 is 5.57. The lowest BCUT2D eigenvalue weighted by atomic mass is 10.1. The van der Waals surface area contributed by atoms with Crippen molar-refractivity contribution < 1.29 is 46.5 Å². The molecule has 21 heteroatoms. The van der Waals surface area contributed by atoms with Crippen LogP contribution in [0.4, 0.5) is 18.9 Å². The van der Waals surface area contributed by atoms with E-state index in [2.05, 4.69) is 15.7 Å². The molecule has 3 aromatic carbocycles. The van der Waals surface area contributed by atoms with Gasteiger partial charge in [0, 0.05) is 33.2 Å². The van der Waals surface area contributed by atoms with E-state index in [4.69, 9.17) is 35.5 Å². The Morgan fingerprint density at radius 3 is 2.48 bits per heavy atom. The van der Waals surface area contributed by atoms with Gasteiger partial charge in [-0.05, 0) is 47.9 Å². The van der Waals surface area contributed by atoms with Crippen molar-refractivity contribution in [3.8, 4) is 17.2 Å². The van der Waals surface area contributed by atoms with Crippen molar-refractivity contribution in [3.63, 3.8) is 0 Å². The molecule has 1 atom stereocenters. The number of guanidine groups is 1. The summed E-state index contributed by atoms with van der Waals surface area (Å²) in [6.07, 6.45) is -3.69. The summed E-state index contributed by atoms with van der Waals surface area (Å²) in [7, 11) is 1.59. The highest BCUT2D eigenvalue weighted by molar-refractivity contribution is 6.33. The van der Waals surface area contributed by atoms with Gasteiger partial charge in [-0.3, -0.25) is 19.0 Å². The second-order valence-electron chi connectivity index (χ2n) is 14.9. The number of piperazine rings is 1. The van der Waals surface area contributed by atoms with Crippen molar-refractivity contribution in [1.29, 1.82) is 0 Å².